The first-order valence-electron chi connectivity index (χ1n) is 7.15. The van der Waals surface area contributed by atoms with Crippen molar-refractivity contribution in [2.24, 2.45) is 5.73 Å². The van der Waals surface area contributed by atoms with Crippen molar-refractivity contribution in [3.63, 3.8) is 0 Å². The number of pyridine rings is 1. The molecule has 3 heteroatoms. The summed E-state index contributed by atoms with van der Waals surface area (Å²) in [6.07, 6.45) is 2.19. The van der Waals surface area contributed by atoms with Crippen LogP contribution in [0.1, 0.15) is 31.0 Å². The van der Waals surface area contributed by atoms with Gasteiger partial charge in [0.05, 0.1) is 12.3 Å². The molecule has 2 N–H and O–H groups in total. The Morgan fingerprint density at radius 3 is 2.65 bits per heavy atom. The number of benzene rings is 1. The summed E-state index contributed by atoms with van der Waals surface area (Å²) in [5.41, 5.74) is 9.72. The van der Waals surface area contributed by atoms with Crippen LogP contribution in [0.15, 0.2) is 36.4 Å². The Hall–Kier alpha value is -1.87. The van der Waals surface area contributed by atoms with Gasteiger partial charge >= 0.3 is 0 Å². The molecule has 0 saturated carbocycles. The third kappa shape index (κ3) is 3.36. The molecule has 0 aliphatic rings. The van der Waals surface area contributed by atoms with Gasteiger partial charge in [0.25, 0.3) is 0 Å². The van der Waals surface area contributed by atoms with Crippen LogP contribution in [0.5, 0.6) is 5.75 Å². The first kappa shape index (κ1) is 14.5. The van der Waals surface area contributed by atoms with E-state index in [1.54, 1.807) is 0 Å². The van der Waals surface area contributed by atoms with Gasteiger partial charge in [0, 0.05) is 17.8 Å². The van der Waals surface area contributed by atoms with Crippen molar-refractivity contribution >= 4 is 0 Å². The highest BCUT2D eigenvalue weighted by atomic mass is 16.5. The zero-order valence-electron chi connectivity index (χ0n) is 12.2. The topological polar surface area (TPSA) is 48.1 Å². The molecule has 0 saturated heterocycles. The summed E-state index contributed by atoms with van der Waals surface area (Å²) in [4.78, 5) is 4.64. The first-order valence-corrected chi connectivity index (χ1v) is 7.15. The molecule has 2 aromatic rings. The molecule has 0 atom stereocenters. The molecule has 3 nitrogen and oxygen atoms in total. The maximum absolute atomic E-state index is 5.86. The highest BCUT2D eigenvalue weighted by Crippen LogP contribution is 2.29. The molecule has 20 heavy (non-hydrogen) atoms. The summed E-state index contributed by atoms with van der Waals surface area (Å²) < 4.78 is 5.86. The fraction of sp³-hybridized carbons (Fsp3) is 0.353. The Balaban J connectivity index is 2.29. The number of aromatic nitrogens is 1. The van der Waals surface area contributed by atoms with Crippen LogP contribution in [0.2, 0.25) is 0 Å². The average Bonchev–Trinajstić information content (AvgIpc) is 2.48. The van der Waals surface area contributed by atoms with Gasteiger partial charge in [0.1, 0.15) is 5.75 Å². The third-order valence-electron chi connectivity index (χ3n) is 3.33. The molecule has 0 bridgehead atoms. The van der Waals surface area contributed by atoms with Crippen molar-refractivity contribution in [3.8, 4) is 17.0 Å². The van der Waals surface area contributed by atoms with E-state index in [1.165, 1.54) is 0 Å². The average molecular weight is 270 g/mol. The van der Waals surface area contributed by atoms with E-state index in [4.69, 9.17) is 10.5 Å². The Labute approximate surface area is 120 Å². The monoisotopic (exact) mass is 270 g/mol. The lowest BCUT2D eigenvalue weighted by molar-refractivity contribution is 0.310. The van der Waals surface area contributed by atoms with Crippen molar-refractivity contribution in [2.75, 3.05) is 6.61 Å². The quantitative estimate of drug-likeness (QED) is 0.814. The smallest absolute Gasteiger partial charge is 0.128 e. The maximum atomic E-state index is 5.86. The van der Waals surface area contributed by atoms with Crippen molar-refractivity contribution in [1.82, 2.24) is 4.98 Å². The van der Waals surface area contributed by atoms with E-state index in [0.29, 0.717) is 6.54 Å². The van der Waals surface area contributed by atoms with Gasteiger partial charge in [-0.3, -0.25) is 4.98 Å². The standard InChI is InChI=1S/C17H22N2O/c1-3-4-11-20-17-8-6-5-7-15(17)16-10-9-14(12-18)13(2)19-16/h5-10H,3-4,11-12,18H2,1-2H3. The number of nitrogens with two attached hydrogens (primary N) is 1. The van der Waals surface area contributed by atoms with Crippen LogP contribution in [0.3, 0.4) is 0 Å². The van der Waals surface area contributed by atoms with Crippen molar-refractivity contribution in [3.05, 3.63) is 47.7 Å². The number of hydrogen-bond donors (Lipinski definition) is 1. The molecule has 0 radical (unpaired) electrons. The number of para-hydroxylation sites is 1. The SMILES string of the molecule is CCCCOc1ccccc1-c1ccc(CN)c(C)n1. The summed E-state index contributed by atoms with van der Waals surface area (Å²) >= 11 is 0. The highest BCUT2D eigenvalue weighted by molar-refractivity contribution is 5.67. The Bertz CT molecular complexity index is 567. The molecule has 0 unspecified atom stereocenters. The second kappa shape index (κ2) is 7.06. The zero-order chi connectivity index (χ0) is 14.4. The molecule has 0 fully saturated rings. The largest absolute Gasteiger partial charge is 0.493 e. The molecular formula is C17H22N2O. The van der Waals surface area contributed by atoms with Crippen molar-refractivity contribution in [1.29, 1.82) is 0 Å². The van der Waals surface area contributed by atoms with Gasteiger partial charge in [0.2, 0.25) is 0 Å². The van der Waals surface area contributed by atoms with Crippen LogP contribution < -0.4 is 10.5 Å². The van der Waals surface area contributed by atoms with Gasteiger partial charge in [-0.15, -0.1) is 0 Å². The Kier molecular flexibility index (Phi) is 5.13. The number of unbranched alkanes of at least 4 members (excludes halogenated alkanes) is 1. The van der Waals surface area contributed by atoms with Crippen LogP contribution in [0.4, 0.5) is 0 Å². The number of aryl methyl sites for hydroxylation is 1. The third-order valence-corrected chi connectivity index (χ3v) is 3.33. The Morgan fingerprint density at radius 1 is 1.15 bits per heavy atom. The van der Waals surface area contributed by atoms with E-state index in [0.717, 1.165) is 47.7 Å². The minimum atomic E-state index is 0.522. The molecule has 0 spiro atoms. The van der Waals surface area contributed by atoms with Crippen molar-refractivity contribution < 1.29 is 4.74 Å². The second-order valence-corrected chi connectivity index (χ2v) is 4.84. The predicted molar refractivity (Wildman–Crippen MR) is 82.7 cm³/mol. The summed E-state index contributed by atoms with van der Waals surface area (Å²) in [7, 11) is 0. The maximum Gasteiger partial charge on any atom is 0.128 e. The number of hydrogen-bond acceptors (Lipinski definition) is 3. The van der Waals surface area contributed by atoms with E-state index in [2.05, 4.69) is 11.9 Å². The summed E-state index contributed by atoms with van der Waals surface area (Å²) in [5.74, 6) is 0.897. The lowest BCUT2D eigenvalue weighted by Crippen LogP contribution is -2.02. The molecule has 106 valence electrons. The van der Waals surface area contributed by atoms with Crippen molar-refractivity contribution in [2.45, 2.75) is 33.2 Å². The van der Waals surface area contributed by atoms with Crippen LogP contribution in [-0.4, -0.2) is 11.6 Å². The van der Waals surface area contributed by atoms with Gasteiger partial charge in [-0.2, -0.15) is 0 Å². The highest BCUT2D eigenvalue weighted by Gasteiger charge is 2.08. The number of rotatable bonds is 6. The molecular weight excluding hydrogens is 248 g/mol. The zero-order valence-corrected chi connectivity index (χ0v) is 12.2. The summed E-state index contributed by atoms with van der Waals surface area (Å²) in [6, 6.07) is 12.1. The van der Waals surface area contributed by atoms with Gasteiger partial charge in [-0.25, -0.2) is 0 Å². The molecule has 0 amide bonds. The summed E-state index contributed by atoms with van der Waals surface area (Å²) in [6.45, 7) is 5.42. The molecule has 2 rings (SSSR count). The molecule has 1 aromatic carbocycles. The lowest BCUT2D eigenvalue weighted by Gasteiger charge is -2.12. The van der Waals surface area contributed by atoms with Gasteiger partial charge in [0.15, 0.2) is 0 Å². The van der Waals surface area contributed by atoms with Crippen LogP contribution in [0.25, 0.3) is 11.3 Å². The van der Waals surface area contributed by atoms with E-state index in [1.807, 2.05) is 43.3 Å². The van der Waals surface area contributed by atoms with E-state index >= 15 is 0 Å². The molecule has 1 aromatic heterocycles. The van der Waals surface area contributed by atoms with Gasteiger partial charge in [-0.05, 0) is 37.1 Å². The summed E-state index contributed by atoms with van der Waals surface area (Å²) in [5, 5.41) is 0. The van der Waals surface area contributed by atoms with E-state index < -0.39 is 0 Å². The number of ether oxygens (including phenoxy) is 1. The first-order chi connectivity index (χ1) is 9.76. The van der Waals surface area contributed by atoms with Crippen LogP contribution >= 0.6 is 0 Å². The van der Waals surface area contributed by atoms with E-state index in [-0.39, 0.29) is 0 Å². The molecule has 1 heterocycles. The van der Waals surface area contributed by atoms with Gasteiger partial charge in [-0.1, -0.05) is 31.5 Å². The number of nitrogens with zero attached hydrogens (tertiary/aromatic N) is 1. The molecule has 0 aliphatic carbocycles. The normalized spacial score (nSPS) is 10.6. The fourth-order valence-corrected chi connectivity index (χ4v) is 2.09. The second-order valence-electron chi connectivity index (χ2n) is 4.84. The Morgan fingerprint density at radius 2 is 1.95 bits per heavy atom. The van der Waals surface area contributed by atoms with Gasteiger partial charge < -0.3 is 10.5 Å². The predicted octanol–water partition coefficient (Wildman–Crippen LogP) is 3.69. The minimum Gasteiger partial charge on any atom is -0.493 e. The molecule has 0 aliphatic heterocycles. The lowest BCUT2D eigenvalue weighted by atomic mass is 10.1. The fourth-order valence-electron chi connectivity index (χ4n) is 2.09. The van der Waals surface area contributed by atoms with E-state index in [9.17, 15) is 0 Å². The van der Waals surface area contributed by atoms with Crippen LogP contribution in [-0.2, 0) is 6.54 Å². The van der Waals surface area contributed by atoms with Crippen LogP contribution in [0, 0.1) is 6.92 Å². The minimum absolute atomic E-state index is 0.522.